The molecule has 2 heterocycles. The van der Waals surface area contributed by atoms with Gasteiger partial charge in [0.05, 0.1) is 12.8 Å². The maximum Gasteiger partial charge on any atom is 0.273 e. The van der Waals surface area contributed by atoms with Crippen LogP contribution in [0.4, 0.5) is 5.69 Å². The van der Waals surface area contributed by atoms with Gasteiger partial charge in [-0.3, -0.25) is 9.20 Å². The van der Waals surface area contributed by atoms with E-state index < -0.39 is 0 Å². The Morgan fingerprint density at radius 3 is 2.77 bits per heavy atom. The average molecular weight is 384 g/mol. The first-order chi connectivity index (χ1) is 12.6. The number of carbonyl (C=O) groups excluding carboxylic acids is 1. The molecular formula is C19H14ClN3O2S. The second-order valence-corrected chi connectivity index (χ2v) is 6.87. The minimum Gasteiger partial charge on any atom is -0.497 e. The van der Waals surface area contributed by atoms with Gasteiger partial charge >= 0.3 is 0 Å². The van der Waals surface area contributed by atoms with E-state index in [9.17, 15) is 4.79 Å². The molecule has 0 aliphatic rings. The van der Waals surface area contributed by atoms with Gasteiger partial charge in [-0.05, 0) is 42.5 Å². The molecule has 5 nitrogen and oxygen atoms in total. The highest BCUT2D eigenvalue weighted by Crippen LogP contribution is 2.26. The molecule has 2 aromatic heterocycles. The number of anilines is 1. The summed E-state index contributed by atoms with van der Waals surface area (Å²) in [4.78, 5) is 18.0. The lowest BCUT2D eigenvalue weighted by Gasteiger charge is -2.04. The summed E-state index contributed by atoms with van der Waals surface area (Å²) < 4.78 is 6.97. The number of halogens is 1. The zero-order valence-corrected chi connectivity index (χ0v) is 15.3. The quantitative estimate of drug-likeness (QED) is 0.541. The molecular weight excluding hydrogens is 370 g/mol. The molecule has 0 unspecified atom stereocenters. The van der Waals surface area contributed by atoms with E-state index in [1.165, 1.54) is 11.3 Å². The van der Waals surface area contributed by atoms with Gasteiger partial charge in [-0.15, -0.1) is 11.3 Å². The van der Waals surface area contributed by atoms with Crippen molar-refractivity contribution in [3.63, 3.8) is 0 Å². The van der Waals surface area contributed by atoms with Crippen molar-refractivity contribution in [2.24, 2.45) is 0 Å². The van der Waals surface area contributed by atoms with Crippen molar-refractivity contribution >= 4 is 39.5 Å². The molecule has 130 valence electrons. The molecule has 2 aromatic carbocycles. The van der Waals surface area contributed by atoms with E-state index in [4.69, 9.17) is 16.3 Å². The Bertz CT molecular complexity index is 1090. The van der Waals surface area contributed by atoms with Crippen LogP contribution < -0.4 is 10.1 Å². The van der Waals surface area contributed by atoms with E-state index in [0.29, 0.717) is 16.4 Å². The van der Waals surface area contributed by atoms with Crippen molar-refractivity contribution in [1.29, 1.82) is 0 Å². The normalized spacial score (nSPS) is 10.8. The summed E-state index contributed by atoms with van der Waals surface area (Å²) in [6.07, 6.45) is 1.86. The number of ether oxygens (including phenoxy) is 1. The topological polar surface area (TPSA) is 55.6 Å². The number of hydrogen-bond donors (Lipinski definition) is 1. The van der Waals surface area contributed by atoms with Crippen LogP contribution in [-0.2, 0) is 0 Å². The Kier molecular flexibility index (Phi) is 4.36. The molecule has 0 aliphatic heterocycles. The number of hydrogen-bond acceptors (Lipinski definition) is 4. The number of nitrogens with one attached hydrogen (secondary N) is 1. The predicted octanol–water partition coefficient (Wildman–Crippen LogP) is 4.98. The highest BCUT2D eigenvalue weighted by atomic mass is 35.5. The minimum absolute atomic E-state index is 0.211. The van der Waals surface area contributed by atoms with Crippen molar-refractivity contribution in [3.8, 4) is 17.0 Å². The third kappa shape index (κ3) is 3.16. The van der Waals surface area contributed by atoms with Gasteiger partial charge in [0, 0.05) is 27.9 Å². The first-order valence-electron chi connectivity index (χ1n) is 7.82. The third-order valence-corrected chi connectivity index (χ3v) is 4.98. The Morgan fingerprint density at radius 1 is 1.23 bits per heavy atom. The molecule has 1 N–H and O–H groups in total. The van der Waals surface area contributed by atoms with Crippen molar-refractivity contribution in [3.05, 3.63) is 70.8 Å². The zero-order chi connectivity index (χ0) is 18.1. The number of thiazole rings is 1. The van der Waals surface area contributed by atoms with Crippen LogP contribution in [0.1, 0.15) is 10.5 Å². The molecule has 0 spiro atoms. The number of imidazole rings is 1. The largest absolute Gasteiger partial charge is 0.497 e. The Morgan fingerprint density at radius 2 is 2.04 bits per heavy atom. The standard InChI is InChI=1S/C19H14ClN3O2S/c1-25-15-7-5-12(6-8-15)16-10-23-17(11-26-19(23)22-16)18(24)21-14-4-2-3-13(20)9-14/h2-11H,1H3,(H,21,24). The van der Waals surface area contributed by atoms with E-state index in [1.807, 2.05) is 30.5 Å². The molecule has 0 radical (unpaired) electrons. The fourth-order valence-electron chi connectivity index (χ4n) is 2.61. The van der Waals surface area contributed by atoms with Gasteiger partial charge in [-0.1, -0.05) is 17.7 Å². The van der Waals surface area contributed by atoms with E-state index in [1.54, 1.807) is 41.2 Å². The number of nitrogens with zero attached hydrogens (tertiary/aromatic N) is 2. The van der Waals surface area contributed by atoms with E-state index in [-0.39, 0.29) is 5.91 Å². The molecule has 0 atom stereocenters. The average Bonchev–Trinajstić information content (AvgIpc) is 3.22. The summed E-state index contributed by atoms with van der Waals surface area (Å²) in [6, 6.07) is 14.7. The molecule has 0 saturated carbocycles. The molecule has 0 bridgehead atoms. The van der Waals surface area contributed by atoms with E-state index in [0.717, 1.165) is 22.0 Å². The predicted molar refractivity (Wildman–Crippen MR) is 104 cm³/mol. The van der Waals surface area contributed by atoms with Crippen molar-refractivity contribution in [2.45, 2.75) is 0 Å². The maximum absolute atomic E-state index is 12.6. The summed E-state index contributed by atoms with van der Waals surface area (Å²) in [6.45, 7) is 0. The summed E-state index contributed by atoms with van der Waals surface area (Å²) in [5.41, 5.74) is 2.94. The van der Waals surface area contributed by atoms with E-state index >= 15 is 0 Å². The Labute approximate surface area is 158 Å². The van der Waals surface area contributed by atoms with Gasteiger partial charge in [-0.25, -0.2) is 4.98 Å². The van der Waals surface area contributed by atoms with Crippen LogP contribution in [0.3, 0.4) is 0 Å². The van der Waals surface area contributed by atoms with Crippen molar-refractivity contribution < 1.29 is 9.53 Å². The number of methoxy groups -OCH3 is 1. The first-order valence-corrected chi connectivity index (χ1v) is 9.08. The summed E-state index contributed by atoms with van der Waals surface area (Å²) in [7, 11) is 1.63. The molecule has 26 heavy (non-hydrogen) atoms. The lowest BCUT2D eigenvalue weighted by Crippen LogP contribution is -2.13. The van der Waals surface area contributed by atoms with Crippen LogP contribution >= 0.6 is 22.9 Å². The Balaban J connectivity index is 1.64. The highest BCUT2D eigenvalue weighted by Gasteiger charge is 2.15. The van der Waals surface area contributed by atoms with E-state index in [2.05, 4.69) is 10.3 Å². The van der Waals surface area contributed by atoms with Gasteiger partial charge in [-0.2, -0.15) is 0 Å². The SMILES string of the molecule is COc1ccc(-c2cn3c(C(=O)Nc4cccc(Cl)c4)csc3n2)cc1. The number of benzene rings is 2. The molecule has 1 amide bonds. The number of carbonyl (C=O) groups is 1. The van der Waals surface area contributed by atoms with Crippen LogP contribution in [0.15, 0.2) is 60.1 Å². The molecule has 0 aliphatic carbocycles. The molecule has 4 aromatic rings. The smallest absolute Gasteiger partial charge is 0.273 e. The monoisotopic (exact) mass is 383 g/mol. The lowest BCUT2D eigenvalue weighted by molar-refractivity contribution is 0.102. The number of rotatable bonds is 4. The Hall–Kier alpha value is -2.83. The van der Waals surface area contributed by atoms with Crippen LogP contribution in [0.5, 0.6) is 5.75 Å². The molecule has 0 fully saturated rings. The minimum atomic E-state index is -0.211. The van der Waals surface area contributed by atoms with Gasteiger partial charge in [0.25, 0.3) is 5.91 Å². The van der Waals surface area contributed by atoms with Crippen LogP contribution in [0.25, 0.3) is 16.2 Å². The molecule has 0 saturated heterocycles. The van der Waals surface area contributed by atoms with Gasteiger partial charge in [0.15, 0.2) is 4.96 Å². The second-order valence-electron chi connectivity index (χ2n) is 5.59. The molecule has 4 rings (SSSR count). The van der Waals surface area contributed by atoms with Gasteiger partial charge in [0.2, 0.25) is 0 Å². The highest BCUT2D eigenvalue weighted by molar-refractivity contribution is 7.15. The van der Waals surface area contributed by atoms with Crippen molar-refractivity contribution in [1.82, 2.24) is 9.38 Å². The second kappa shape index (κ2) is 6.82. The van der Waals surface area contributed by atoms with Crippen molar-refractivity contribution in [2.75, 3.05) is 12.4 Å². The zero-order valence-electron chi connectivity index (χ0n) is 13.8. The van der Waals surface area contributed by atoms with Crippen LogP contribution in [-0.4, -0.2) is 22.4 Å². The van der Waals surface area contributed by atoms with Gasteiger partial charge in [0.1, 0.15) is 11.4 Å². The number of amides is 1. The number of aromatic nitrogens is 2. The first kappa shape index (κ1) is 16.6. The van der Waals surface area contributed by atoms with Crippen LogP contribution in [0, 0.1) is 0 Å². The third-order valence-electron chi connectivity index (χ3n) is 3.91. The summed E-state index contributed by atoms with van der Waals surface area (Å²) >= 11 is 7.39. The summed E-state index contributed by atoms with van der Waals surface area (Å²) in [5, 5.41) is 5.22. The van der Waals surface area contributed by atoms with Gasteiger partial charge < -0.3 is 10.1 Å². The number of fused-ring (bicyclic) bond motifs is 1. The van der Waals surface area contributed by atoms with Crippen LogP contribution in [0.2, 0.25) is 5.02 Å². The summed E-state index contributed by atoms with van der Waals surface area (Å²) in [5.74, 6) is 0.577. The fourth-order valence-corrected chi connectivity index (χ4v) is 3.65. The lowest BCUT2D eigenvalue weighted by atomic mass is 10.2. The fraction of sp³-hybridized carbons (Fsp3) is 0.0526. The molecule has 7 heteroatoms. The maximum atomic E-state index is 12.6.